The normalized spacial score (nSPS) is 14.3. The summed E-state index contributed by atoms with van der Waals surface area (Å²) in [6.45, 7) is 4.24. The Labute approximate surface area is 162 Å². The number of aromatic nitrogens is 2. The van der Waals surface area contributed by atoms with E-state index in [4.69, 9.17) is 0 Å². The highest BCUT2D eigenvalue weighted by Crippen LogP contribution is 2.34. The largest absolute Gasteiger partial charge is 0.324 e. The summed E-state index contributed by atoms with van der Waals surface area (Å²) >= 11 is 1.61. The molecule has 2 aromatic heterocycles. The Morgan fingerprint density at radius 2 is 2.15 bits per heavy atom. The number of hydrogen-bond donors (Lipinski definition) is 1. The molecule has 2 heterocycles. The van der Waals surface area contributed by atoms with Gasteiger partial charge in [-0.25, -0.2) is 4.98 Å². The van der Waals surface area contributed by atoms with E-state index in [1.165, 1.54) is 15.8 Å². The molecule has 5 nitrogen and oxygen atoms in total. The third-order valence-electron chi connectivity index (χ3n) is 5.38. The number of nitrogens with one attached hydrogen (secondary N) is 1. The van der Waals surface area contributed by atoms with Gasteiger partial charge in [-0.05, 0) is 48.8 Å². The molecule has 1 aliphatic carbocycles. The van der Waals surface area contributed by atoms with Crippen LogP contribution >= 0.6 is 11.3 Å². The number of hydrogen-bond acceptors (Lipinski definition) is 4. The van der Waals surface area contributed by atoms with E-state index in [-0.39, 0.29) is 18.0 Å². The number of benzene rings is 1. The molecule has 1 aliphatic rings. The van der Waals surface area contributed by atoms with Crippen molar-refractivity contribution in [1.29, 1.82) is 0 Å². The lowest BCUT2D eigenvalue weighted by atomic mass is 9.97. The first-order chi connectivity index (χ1) is 13.1. The first kappa shape index (κ1) is 17.9. The second-order valence-electron chi connectivity index (χ2n) is 7.16. The van der Waals surface area contributed by atoms with Crippen LogP contribution in [0.2, 0.25) is 0 Å². The lowest BCUT2D eigenvalue weighted by Crippen LogP contribution is -2.28. The minimum Gasteiger partial charge on any atom is -0.324 e. The summed E-state index contributed by atoms with van der Waals surface area (Å²) in [5.74, 6) is 0.150. The lowest BCUT2D eigenvalue weighted by molar-refractivity contribution is -0.116. The van der Waals surface area contributed by atoms with Crippen molar-refractivity contribution in [2.45, 2.75) is 52.0 Å². The highest BCUT2D eigenvalue weighted by Gasteiger charge is 2.21. The number of rotatable bonds is 5. The van der Waals surface area contributed by atoms with E-state index in [1.54, 1.807) is 11.3 Å². The molecule has 0 aliphatic heterocycles. The molecular weight excluding hydrogens is 358 g/mol. The van der Waals surface area contributed by atoms with Crippen LogP contribution in [-0.2, 0) is 24.2 Å². The summed E-state index contributed by atoms with van der Waals surface area (Å²) in [6.07, 6.45) is 5.55. The third kappa shape index (κ3) is 3.30. The van der Waals surface area contributed by atoms with E-state index in [1.807, 2.05) is 24.3 Å². The first-order valence-corrected chi connectivity index (χ1v) is 10.3. The smallest absolute Gasteiger partial charge is 0.262 e. The van der Waals surface area contributed by atoms with Crippen molar-refractivity contribution in [2.24, 2.45) is 0 Å². The van der Waals surface area contributed by atoms with Crippen LogP contribution in [0.15, 0.2) is 35.4 Å². The molecule has 0 saturated heterocycles. The number of aryl methyl sites for hydroxylation is 2. The van der Waals surface area contributed by atoms with Gasteiger partial charge in [0, 0.05) is 10.6 Å². The van der Waals surface area contributed by atoms with Gasteiger partial charge >= 0.3 is 0 Å². The monoisotopic (exact) mass is 381 g/mol. The van der Waals surface area contributed by atoms with E-state index < -0.39 is 0 Å². The fourth-order valence-corrected chi connectivity index (χ4v) is 4.96. The molecule has 3 aromatic rings. The zero-order valence-corrected chi connectivity index (χ0v) is 16.4. The zero-order valence-electron chi connectivity index (χ0n) is 15.6. The Bertz CT molecular complexity index is 1070. The summed E-state index contributed by atoms with van der Waals surface area (Å²) in [4.78, 5) is 32.0. The van der Waals surface area contributed by atoms with Crippen molar-refractivity contribution in [3.05, 3.63) is 57.0 Å². The highest BCUT2D eigenvalue weighted by molar-refractivity contribution is 7.18. The SMILES string of the molecule is CC[C@@H](C)c1ccccc1NC(=O)Cn1cnc2sc3c(c2c1=O)CCC3. The van der Waals surface area contributed by atoms with Gasteiger partial charge in [-0.1, -0.05) is 32.0 Å². The fourth-order valence-electron chi connectivity index (χ4n) is 3.74. The Morgan fingerprint density at radius 1 is 1.33 bits per heavy atom. The maximum Gasteiger partial charge on any atom is 0.262 e. The van der Waals surface area contributed by atoms with Crippen molar-refractivity contribution in [3.63, 3.8) is 0 Å². The van der Waals surface area contributed by atoms with Gasteiger partial charge in [0.15, 0.2) is 0 Å². The van der Waals surface area contributed by atoms with Gasteiger partial charge in [0.25, 0.3) is 5.56 Å². The van der Waals surface area contributed by atoms with Crippen LogP contribution in [0.5, 0.6) is 0 Å². The van der Waals surface area contributed by atoms with Crippen LogP contribution in [0, 0.1) is 0 Å². The molecule has 0 fully saturated rings. The molecule has 1 atom stereocenters. The summed E-state index contributed by atoms with van der Waals surface area (Å²) in [5, 5.41) is 3.68. The third-order valence-corrected chi connectivity index (χ3v) is 6.58. The maximum atomic E-state index is 12.9. The Hall–Kier alpha value is -2.47. The minimum absolute atomic E-state index is 0.0266. The van der Waals surface area contributed by atoms with Crippen molar-refractivity contribution < 1.29 is 4.79 Å². The van der Waals surface area contributed by atoms with E-state index in [0.717, 1.165) is 47.3 Å². The van der Waals surface area contributed by atoms with Crippen LogP contribution in [0.3, 0.4) is 0 Å². The highest BCUT2D eigenvalue weighted by atomic mass is 32.1. The van der Waals surface area contributed by atoms with Crippen LogP contribution in [-0.4, -0.2) is 15.5 Å². The standard InChI is InChI=1S/C21H23N3O2S/c1-3-13(2)14-7-4-5-9-16(14)23-18(25)11-24-12-22-20-19(21(24)26)15-8-6-10-17(15)27-20/h4-5,7,9,12-13H,3,6,8,10-11H2,1-2H3,(H,23,25)/t13-/m1/s1. The Balaban J connectivity index is 1.59. The number of para-hydroxylation sites is 1. The number of carbonyl (C=O) groups excluding carboxylic acids is 1. The maximum absolute atomic E-state index is 12.9. The van der Waals surface area contributed by atoms with E-state index in [2.05, 4.69) is 24.1 Å². The molecule has 4 rings (SSSR count). The number of nitrogens with zero attached hydrogens (tertiary/aromatic N) is 2. The topological polar surface area (TPSA) is 64.0 Å². The molecule has 27 heavy (non-hydrogen) atoms. The Morgan fingerprint density at radius 3 is 2.96 bits per heavy atom. The molecule has 0 bridgehead atoms. The second kappa shape index (κ2) is 7.27. The van der Waals surface area contributed by atoms with Gasteiger partial charge in [-0.3, -0.25) is 14.2 Å². The van der Waals surface area contributed by atoms with Crippen LogP contribution < -0.4 is 10.9 Å². The molecule has 1 amide bonds. The van der Waals surface area contributed by atoms with Crippen molar-refractivity contribution in [2.75, 3.05) is 5.32 Å². The van der Waals surface area contributed by atoms with Gasteiger partial charge in [-0.15, -0.1) is 11.3 Å². The second-order valence-corrected chi connectivity index (χ2v) is 8.24. The number of thiophene rings is 1. The predicted octanol–water partition coefficient (Wildman–Crippen LogP) is 4.10. The van der Waals surface area contributed by atoms with Gasteiger partial charge in [-0.2, -0.15) is 0 Å². The molecule has 6 heteroatoms. The molecule has 0 spiro atoms. The summed E-state index contributed by atoms with van der Waals surface area (Å²) in [6, 6.07) is 7.85. The molecule has 0 radical (unpaired) electrons. The van der Waals surface area contributed by atoms with E-state index in [0.29, 0.717) is 11.3 Å². The number of anilines is 1. The van der Waals surface area contributed by atoms with Crippen LogP contribution in [0.1, 0.15) is 48.6 Å². The van der Waals surface area contributed by atoms with E-state index in [9.17, 15) is 9.59 Å². The fraction of sp³-hybridized carbons (Fsp3) is 0.381. The predicted molar refractivity (Wildman–Crippen MR) is 110 cm³/mol. The number of carbonyl (C=O) groups is 1. The van der Waals surface area contributed by atoms with Crippen molar-refractivity contribution in [3.8, 4) is 0 Å². The molecule has 0 saturated carbocycles. The average Bonchev–Trinajstić information content (AvgIpc) is 3.25. The molecule has 1 N–H and O–H groups in total. The molecule has 140 valence electrons. The minimum atomic E-state index is -0.208. The van der Waals surface area contributed by atoms with Gasteiger partial charge in [0.05, 0.1) is 11.7 Å². The molecule has 1 aromatic carbocycles. The summed E-state index contributed by atoms with van der Waals surface area (Å²) in [5.41, 5.74) is 2.97. The quantitative estimate of drug-likeness (QED) is 0.724. The van der Waals surface area contributed by atoms with Crippen molar-refractivity contribution in [1.82, 2.24) is 9.55 Å². The van der Waals surface area contributed by atoms with Crippen LogP contribution in [0.4, 0.5) is 5.69 Å². The van der Waals surface area contributed by atoms with Gasteiger partial charge in [0.2, 0.25) is 5.91 Å². The Kier molecular flexibility index (Phi) is 4.83. The average molecular weight is 382 g/mol. The van der Waals surface area contributed by atoms with E-state index >= 15 is 0 Å². The first-order valence-electron chi connectivity index (χ1n) is 9.47. The van der Waals surface area contributed by atoms with Gasteiger partial charge in [0.1, 0.15) is 11.4 Å². The zero-order chi connectivity index (χ0) is 19.0. The van der Waals surface area contributed by atoms with Crippen molar-refractivity contribution >= 4 is 33.1 Å². The molecule has 0 unspecified atom stereocenters. The number of amides is 1. The summed E-state index contributed by atoms with van der Waals surface area (Å²) in [7, 11) is 0. The summed E-state index contributed by atoms with van der Waals surface area (Å²) < 4.78 is 1.43. The number of fused-ring (bicyclic) bond motifs is 3. The van der Waals surface area contributed by atoms with Gasteiger partial charge < -0.3 is 5.32 Å². The molecular formula is C21H23N3O2S. The van der Waals surface area contributed by atoms with Crippen LogP contribution in [0.25, 0.3) is 10.2 Å². The lowest BCUT2D eigenvalue weighted by Gasteiger charge is -2.16.